The quantitative estimate of drug-likeness (QED) is 0.268. The standard InChI is InChI=1S/C22H21N7O4/c1-3-27(4-2)14-5-9-18(22(31)13-14)23-24-20-11-15(7-10-21(20)30)28-25-17-8-6-16(29(32)33)12-19(17)26-28/h5-13,17,25H,3-4H2,1-2H3/p+1. The molecule has 4 rings (SSSR count). The van der Waals surface area contributed by atoms with Gasteiger partial charge in [-0.1, -0.05) is 0 Å². The SMILES string of the molecule is CCN(CC)c1ccc(N=Nc2cc([N+]3=NC4C=CC([N+](=O)[O-])=CC4=N3)ccc2O)c(O)c1. The van der Waals surface area contributed by atoms with E-state index in [4.69, 9.17) is 0 Å². The lowest BCUT2D eigenvalue weighted by molar-refractivity contribution is -0.513. The van der Waals surface area contributed by atoms with Gasteiger partial charge < -0.3 is 15.1 Å². The minimum atomic E-state index is -0.485. The number of rotatable bonds is 7. The molecular weight excluding hydrogens is 426 g/mol. The minimum absolute atomic E-state index is 0.0241. The Morgan fingerprint density at radius 3 is 2.55 bits per heavy atom. The Morgan fingerprint density at radius 2 is 1.85 bits per heavy atom. The summed E-state index contributed by atoms with van der Waals surface area (Å²) in [6, 6.07) is 9.26. The van der Waals surface area contributed by atoms with E-state index in [0.29, 0.717) is 11.4 Å². The molecule has 0 radical (unpaired) electrons. The van der Waals surface area contributed by atoms with Crippen LogP contribution in [0, 0.1) is 10.1 Å². The van der Waals surface area contributed by atoms with Gasteiger partial charge in [-0.3, -0.25) is 10.1 Å². The highest BCUT2D eigenvalue weighted by atomic mass is 16.6. The lowest BCUT2D eigenvalue weighted by Gasteiger charge is -2.21. The largest absolute Gasteiger partial charge is 0.506 e. The highest BCUT2D eigenvalue weighted by molar-refractivity contribution is 6.02. The number of phenolic OH excluding ortho intramolecular Hbond substituents is 2. The third-order valence-electron chi connectivity index (χ3n) is 5.25. The summed E-state index contributed by atoms with van der Waals surface area (Å²) < 4.78 is 0. The van der Waals surface area contributed by atoms with Crippen LogP contribution in [0.15, 0.2) is 80.8 Å². The topological polar surface area (TPSA) is 139 Å². The Labute approximate surface area is 189 Å². The maximum atomic E-state index is 11.0. The number of nitrogens with zero attached hydrogens (tertiary/aromatic N) is 7. The van der Waals surface area contributed by atoms with Crippen molar-refractivity contribution >= 4 is 28.5 Å². The van der Waals surface area contributed by atoms with E-state index in [1.54, 1.807) is 24.3 Å². The fourth-order valence-corrected chi connectivity index (χ4v) is 3.46. The van der Waals surface area contributed by atoms with Gasteiger partial charge >= 0.3 is 0 Å². The molecule has 0 saturated heterocycles. The molecule has 2 aromatic carbocycles. The summed E-state index contributed by atoms with van der Waals surface area (Å²) in [5.41, 5.74) is 2.17. The van der Waals surface area contributed by atoms with Crippen molar-refractivity contribution in [3.8, 4) is 11.5 Å². The van der Waals surface area contributed by atoms with Gasteiger partial charge in [0.25, 0.3) is 11.4 Å². The lowest BCUT2D eigenvalue weighted by Crippen LogP contribution is -2.21. The molecule has 0 amide bonds. The molecule has 2 N–H and O–H groups in total. The van der Waals surface area contributed by atoms with Gasteiger partial charge in [0.05, 0.1) is 9.73 Å². The van der Waals surface area contributed by atoms with Crippen LogP contribution in [0.3, 0.4) is 0 Å². The fourth-order valence-electron chi connectivity index (χ4n) is 3.46. The molecule has 1 aliphatic carbocycles. The van der Waals surface area contributed by atoms with Gasteiger partial charge in [-0.25, -0.2) is 0 Å². The van der Waals surface area contributed by atoms with E-state index in [-0.39, 0.29) is 28.6 Å². The van der Waals surface area contributed by atoms with Gasteiger partial charge in [0.15, 0.2) is 11.8 Å². The molecule has 0 saturated carbocycles. The minimum Gasteiger partial charge on any atom is -0.506 e. The second-order valence-corrected chi connectivity index (χ2v) is 7.28. The van der Waals surface area contributed by atoms with Crippen LogP contribution in [0.25, 0.3) is 0 Å². The maximum absolute atomic E-state index is 11.0. The van der Waals surface area contributed by atoms with Crippen LogP contribution in [0.4, 0.5) is 22.7 Å². The van der Waals surface area contributed by atoms with E-state index < -0.39 is 11.0 Å². The normalized spacial score (nSPS) is 16.9. The number of hydrogen-bond donors (Lipinski definition) is 2. The van der Waals surface area contributed by atoms with E-state index in [1.807, 2.05) is 19.9 Å². The number of fused-ring (bicyclic) bond motifs is 1. The molecule has 1 atom stereocenters. The molecule has 33 heavy (non-hydrogen) atoms. The third-order valence-corrected chi connectivity index (χ3v) is 5.25. The average molecular weight is 448 g/mol. The lowest BCUT2D eigenvalue weighted by atomic mass is 10.1. The summed E-state index contributed by atoms with van der Waals surface area (Å²) >= 11 is 0. The van der Waals surface area contributed by atoms with Gasteiger partial charge in [-0.2, -0.15) is 0 Å². The van der Waals surface area contributed by atoms with Crippen LogP contribution in [0.5, 0.6) is 11.5 Å². The predicted octanol–water partition coefficient (Wildman–Crippen LogP) is 4.92. The van der Waals surface area contributed by atoms with Crippen LogP contribution in [-0.2, 0) is 0 Å². The highest BCUT2D eigenvalue weighted by Crippen LogP contribution is 2.36. The maximum Gasteiger partial charge on any atom is 0.271 e. The Morgan fingerprint density at radius 1 is 1.09 bits per heavy atom. The molecule has 0 aromatic heterocycles. The van der Waals surface area contributed by atoms with E-state index >= 15 is 0 Å². The number of nitro groups is 1. The number of aromatic hydroxyl groups is 2. The van der Waals surface area contributed by atoms with Crippen molar-refractivity contribution < 1.29 is 19.9 Å². The first-order valence-corrected chi connectivity index (χ1v) is 10.4. The summed E-state index contributed by atoms with van der Waals surface area (Å²) in [5.74, 6) is -0.134. The Balaban J connectivity index is 1.59. The van der Waals surface area contributed by atoms with Crippen molar-refractivity contribution in [2.75, 3.05) is 18.0 Å². The molecule has 2 aliphatic rings. The van der Waals surface area contributed by atoms with E-state index in [9.17, 15) is 20.3 Å². The van der Waals surface area contributed by atoms with E-state index in [0.717, 1.165) is 18.8 Å². The zero-order valence-electron chi connectivity index (χ0n) is 18.0. The van der Waals surface area contributed by atoms with Crippen LogP contribution in [-0.4, -0.2) is 44.8 Å². The van der Waals surface area contributed by atoms with Gasteiger partial charge in [0.2, 0.25) is 0 Å². The molecule has 168 valence electrons. The number of anilines is 1. The van der Waals surface area contributed by atoms with Gasteiger partial charge in [0, 0.05) is 59.3 Å². The monoisotopic (exact) mass is 448 g/mol. The smallest absolute Gasteiger partial charge is 0.271 e. The number of azo groups is 2. The Hall–Kier alpha value is -4.41. The van der Waals surface area contributed by atoms with Crippen molar-refractivity contribution in [2.45, 2.75) is 19.9 Å². The number of phenols is 2. The summed E-state index contributed by atoms with van der Waals surface area (Å²) in [5, 5.41) is 48.4. The molecule has 11 nitrogen and oxygen atoms in total. The van der Waals surface area contributed by atoms with Crippen molar-refractivity contribution in [1.82, 2.24) is 0 Å². The van der Waals surface area contributed by atoms with E-state index in [1.165, 1.54) is 29.1 Å². The van der Waals surface area contributed by atoms with Crippen LogP contribution < -0.4 is 4.90 Å². The molecule has 1 heterocycles. The third kappa shape index (κ3) is 4.47. The molecule has 0 fully saturated rings. The van der Waals surface area contributed by atoms with Crippen molar-refractivity contribution in [3.05, 3.63) is 70.4 Å². The number of hydrazone groups is 1. The Bertz CT molecular complexity index is 1260. The van der Waals surface area contributed by atoms with Crippen LogP contribution in [0.2, 0.25) is 0 Å². The molecule has 0 spiro atoms. The molecule has 2 aromatic rings. The average Bonchev–Trinajstić information content (AvgIpc) is 3.23. The number of benzene rings is 2. The predicted molar refractivity (Wildman–Crippen MR) is 122 cm³/mol. The van der Waals surface area contributed by atoms with Crippen molar-refractivity contribution in [2.24, 2.45) is 20.4 Å². The summed E-state index contributed by atoms with van der Waals surface area (Å²) in [7, 11) is 0. The van der Waals surface area contributed by atoms with Crippen LogP contribution >= 0.6 is 0 Å². The van der Waals surface area contributed by atoms with Crippen molar-refractivity contribution in [3.63, 3.8) is 0 Å². The molecule has 11 heteroatoms. The van der Waals surface area contributed by atoms with Gasteiger partial charge in [-0.15, -0.1) is 10.2 Å². The highest BCUT2D eigenvalue weighted by Gasteiger charge is 2.33. The first-order chi connectivity index (χ1) is 15.9. The molecule has 1 aliphatic heterocycles. The first kappa shape index (κ1) is 21.8. The molecule has 0 bridgehead atoms. The number of allylic oxidation sites excluding steroid dienone is 1. The zero-order valence-corrected chi connectivity index (χ0v) is 18.0. The fraction of sp³-hybridized carbons (Fsp3) is 0.227. The Kier molecular flexibility index (Phi) is 5.94. The molecular formula is C22H22N7O4+. The van der Waals surface area contributed by atoms with E-state index in [2.05, 4.69) is 25.3 Å². The summed E-state index contributed by atoms with van der Waals surface area (Å²) in [4.78, 5) is 13.9. The zero-order chi connectivity index (χ0) is 23.5. The molecule has 1 unspecified atom stereocenters. The van der Waals surface area contributed by atoms with Crippen LogP contribution in [0.1, 0.15) is 13.8 Å². The summed E-state index contributed by atoms with van der Waals surface area (Å²) in [6.07, 6.45) is 4.37. The van der Waals surface area contributed by atoms with Gasteiger partial charge in [0.1, 0.15) is 22.9 Å². The second kappa shape index (κ2) is 8.99. The number of hydrogen-bond acceptors (Lipinski definition) is 9. The van der Waals surface area contributed by atoms with Gasteiger partial charge in [-0.05, 0) is 38.1 Å². The first-order valence-electron chi connectivity index (χ1n) is 10.4. The summed E-state index contributed by atoms with van der Waals surface area (Å²) in [6.45, 7) is 5.68. The van der Waals surface area contributed by atoms with Crippen molar-refractivity contribution in [1.29, 1.82) is 0 Å². The second-order valence-electron chi connectivity index (χ2n) is 7.28.